The van der Waals surface area contributed by atoms with E-state index in [0.29, 0.717) is 40.3 Å². The molecule has 0 saturated heterocycles. The zero-order chi connectivity index (χ0) is 23.8. The number of hydrogen-bond donors (Lipinski definition) is 0. The fraction of sp³-hybridized carbons (Fsp3) is 0.240. The molecule has 0 aliphatic heterocycles. The molecule has 164 valence electrons. The molecular weight excluding hydrogens is 416 g/mol. The van der Waals surface area contributed by atoms with Gasteiger partial charge < -0.3 is 4.74 Å². The second-order valence-electron chi connectivity index (χ2n) is 8.93. The third kappa shape index (κ3) is 4.19. The molecule has 0 atom stereocenters. The number of rotatable bonds is 4. The number of pyridine rings is 2. The molecule has 0 bridgehead atoms. The molecule has 0 N–H and O–H groups in total. The molecule has 4 aromatic rings. The van der Waals surface area contributed by atoms with Crippen molar-refractivity contribution in [2.24, 2.45) is 12.5 Å². The summed E-state index contributed by atoms with van der Waals surface area (Å²) in [7, 11) is 1.70. The molecule has 0 radical (unpaired) electrons. The third-order valence-electron chi connectivity index (χ3n) is 5.13. The van der Waals surface area contributed by atoms with Crippen LogP contribution in [0.2, 0.25) is 0 Å². The van der Waals surface area contributed by atoms with Crippen molar-refractivity contribution in [3.63, 3.8) is 0 Å². The standard InChI is InChI=1S/C25H22N6O2/c1-25(2,3)15-31-22-20(8-10-29-23(22)30(4)24(31)32)21-12-18(6-5-16(21)13-26)33-19-7-9-28-17(11-19)14-27/h5-12H,15H2,1-4H3. The van der Waals surface area contributed by atoms with Crippen LogP contribution in [0, 0.1) is 28.1 Å². The molecule has 4 rings (SSSR count). The SMILES string of the molecule is Cn1c(=O)n(CC(C)(C)C)c2c(-c3cc(Oc4ccnc(C#N)c4)ccc3C#N)ccnc21. The Labute approximate surface area is 190 Å². The molecule has 33 heavy (non-hydrogen) atoms. The molecular formula is C25H22N6O2. The number of ether oxygens (including phenoxy) is 1. The molecule has 3 heterocycles. The summed E-state index contributed by atoms with van der Waals surface area (Å²) < 4.78 is 9.19. The molecule has 0 unspecified atom stereocenters. The van der Waals surface area contributed by atoms with Crippen LogP contribution in [0.4, 0.5) is 0 Å². The maximum Gasteiger partial charge on any atom is 0.330 e. The highest BCUT2D eigenvalue weighted by molar-refractivity contribution is 5.92. The van der Waals surface area contributed by atoms with E-state index in [2.05, 4.69) is 36.8 Å². The Hall–Kier alpha value is -4.43. The predicted octanol–water partition coefficient (Wildman–Crippen LogP) is 4.38. The van der Waals surface area contributed by atoms with Gasteiger partial charge in [-0.15, -0.1) is 0 Å². The van der Waals surface area contributed by atoms with Crippen molar-refractivity contribution in [3.05, 3.63) is 70.5 Å². The smallest absolute Gasteiger partial charge is 0.330 e. The van der Waals surface area contributed by atoms with E-state index < -0.39 is 0 Å². The van der Waals surface area contributed by atoms with Crippen LogP contribution in [-0.2, 0) is 13.6 Å². The molecule has 0 fully saturated rings. The maximum absolute atomic E-state index is 13.0. The Bertz CT molecular complexity index is 1510. The van der Waals surface area contributed by atoms with Crippen molar-refractivity contribution < 1.29 is 4.74 Å². The molecule has 0 aliphatic rings. The Morgan fingerprint density at radius 2 is 1.70 bits per heavy atom. The van der Waals surface area contributed by atoms with Gasteiger partial charge in [0.15, 0.2) is 5.65 Å². The van der Waals surface area contributed by atoms with E-state index in [4.69, 9.17) is 10.00 Å². The van der Waals surface area contributed by atoms with E-state index in [1.54, 1.807) is 54.2 Å². The molecule has 3 aromatic heterocycles. The summed E-state index contributed by atoms with van der Waals surface area (Å²) in [6.07, 6.45) is 3.13. The van der Waals surface area contributed by atoms with Gasteiger partial charge in [-0.25, -0.2) is 14.8 Å². The maximum atomic E-state index is 13.0. The van der Waals surface area contributed by atoms with Crippen molar-refractivity contribution in [1.29, 1.82) is 10.5 Å². The van der Waals surface area contributed by atoms with Crippen molar-refractivity contribution in [1.82, 2.24) is 19.1 Å². The van der Waals surface area contributed by atoms with Gasteiger partial charge in [0.2, 0.25) is 0 Å². The van der Waals surface area contributed by atoms with Crippen LogP contribution in [0.15, 0.2) is 53.6 Å². The minimum atomic E-state index is -0.161. The molecule has 0 amide bonds. The third-order valence-corrected chi connectivity index (χ3v) is 5.13. The first-order chi connectivity index (χ1) is 15.7. The summed E-state index contributed by atoms with van der Waals surface area (Å²) in [5.74, 6) is 0.950. The number of aryl methyl sites for hydroxylation is 1. The van der Waals surface area contributed by atoms with Gasteiger partial charge in [-0.3, -0.25) is 9.13 Å². The Balaban J connectivity index is 1.91. The Kier molecular flexibility index (Phi) is 5.45. The lowest BCUT2D eigenvalue weighted by Crippen LogP contribution is -2.27. The van der Waals surface area contributed by atoms with Crippen LogP contribution < -0.4 is 10.4 Å². The minimum absolute atomic E-state index is 0.145. The van der Waals surface area contributed by atoms with Crippen LogP contribution in [0.25, 0.3) is 22.3 Å². The van der Waals surface area contributed by atoms with Gasteiger partial charge in [0.25, 0.3) is 0 Å². The van der Waals surface area contributed by atoms with Crippen molar-refractivity contribution >= 4 is 11.2 Å². The van der Waals surface area contributed by atoms with Crippen molar-refractivity contribution in [2.45, 2.75) is 27.3 Å². The lowest BCUT2D eigenvalue weighted by atomic mass is 9.96. The van der Waals surface area contributed by atoms with Gasteiger partial charge in [0.05, 0.1) is 17.1 Å². The fourth-order valence-electron chi connectivity index (χ4n) is 3.74. The van der Waals surface area contributed by atoms with Crippen LogP contribution in [0.3, 0.4) is 0 Å². The van der Waals surface area contributed by atoms with E-state index in [9.17, 15) is 10.1 Å². The highest BCUT2D eigenvalue weighted by Gasteiger charge is 2.22. The first-order valence-corrected chi connectivity index (χ1v) is 10.3. The van der Waals surface area contributed by atoms with Gasteiger partial charge in [0, 0.05) is 43.2 Å². The fourth-order valence-corrected chi connectivity index (χ4v) is 3.74. The first kappa shape index (κ1) is 21.8. The number of fused-ring (bicyclic) bond motifs is 1. The number of hydrogen-bond acceptors (Lipinski definition) is 6. The summed E-state index contributed by atoms with van der Waals surface area (Å²) in [5, 5.41) is 18.9. The summed E-state index contributed by atoms with van der Waals surface area (Å²) in [6, 6.07) is 14.4. The van der Waals surface area contributed by atoms with E-state index in [1.807, 2.05) is 6.07 Å². The minimum Gasteiger partial charge on any atom is -0.457 e. The van der Waals surface area contributed by atoms with Gasteiger partial charge in [-0.1, -0.05) is 20.8 Å². The number of aromatic nitrogens is 4. The first-order valence-electron chi connectivity index (χ1n) is 10.3. The quantitative estimate of drug-likeness (QED) is 0.468. The molecule has 0 aliphatic carbocycles. The normalized spacial score (nSPS) is 11.2. The highest BCUT2D eigenvalue weighted by atomic mass is 16.5. The lowest BCUT2D eigenvalue weighted by Gasteiger charge is -2.19. The number of benzene rings is 1. The largest absolute Gasteiger partial charge is 0.457 e. The lowest BCUT2D eigenvalue weighted by molar-refractivity contribution is 0.342. The summed E-state index contributed by atoms with van der Waals surface area (Å²) in [6.45, 7) is 6.68. The van der Waals surface area contributed by atoms with Crippen LogP contribution >= 0.6 is 0 Å². The average molecular weight is 438 g/mol. The average Bonchev–Trinajstić information content (AvgIpc) is 3.03. The summed E-state index contributed by atoms with van der Waals surface area (Å²) in [4.78, 5) is 21.4. The van der Waals surface area contributed by atoms with Gasteiger partial charge in [0.1, 0.15) is 23.3 Å². The van der Waals surface area contributed by atoms with Crippen molar-refractivity contribution in [2.75, 3.05) is 0 Å². The molecule has 1 aromatic carbocycles. The molecule has 0 spiro atoms. The summed E-state index contributed by atoms with van der Waals surface area (Å²) >= 11 is 0. The predicted molar refractivity (Wildman–Crippen MR) is 124 cm³/mol. The Morgan fingerprint density at radius 1 is 0.970 bits per heavy atom. The zero-order valence-electron chi connectivity index (χ0n) is 18.8. The van der Waals surface area contributed by atoms with Crippen molar-refractivity contribution in [3.8, 4) is 34.8 Å². The monoisotopic (exact) mass is 438 g/mol. The number of imidazole rings is 1. The van der Waals surface area contributed by atoms with Crippen LogP contribution in [0.5, 0.6) is 11.5 Å². The second-order valence-corrected chi connectivity index (χ2v) is 8.93. The van der Waals surface area contributed by atoms with Gasteiger partial charge in [-0.2, -0.15) is 10.5 Å². The second kappa shape index (κ2) is 8.25. The van der Waals surface area contributed by atoms with Crippen LogP contribution in [0.1, 0.15) is 32.0 Å². The zero-order valence-corrected chi connectivity index (χ0v) is 18.8. The Morgan fingerprint density at radius 3 is 2.39 bits per heavy atom. The molecule has 8 heteroatoms. The van der Waals surface area contributed by atoms with Crippen LogP contribution in [-0.4, -0.2) is 19.1 Å². The van der Waals surface area contributed by atoms with E-state index in [1.165, 1.54) is 10.8 Å². The van der Waals surface area contributed by atoms with E-state index in [-0.39, 0.29) is 16.8 Å². The van der Waals surface area contributed by atoms with Gasteiger partial charge >= 0.3 is 5.69 Å². The number of nitrogens with zero attached hydrogens (tertiary/aromatic N) is 6. The molecule has 8 nitrogen and oxygen atoms in total. The molecule has 0 saturated carbocycles. The van der Waals surface area contributed by atoms with E-state index in [0.717, 1.165) is 5.56 Å². The summed E-state index contributed by atoms with van der Waals surface area (Å²) in [5.41, 5.74) is 2.95. The number of nitriles is 2. The van der Waals surface area contributed by atoms with Gasteiger partial charge in [-0.05, 0) is 35.7 Å². The highest BCUT2D eigenvalue weighted by Crippen LogP contribution is 2.34. The van der Waals surface area contributed by atoms with E-state index >= 15 is 0 Å². The topological polar surface area (TPSA) is 110 Å².